The van der Waals surface area contributed by atoms with Gasteiger partial charge in [0.05, 0.1) is 11.2 Å². The van der Waals surface area contributed by atoms with Gasteiger partial charge < -0.3 is 9.47 Å². The van der Waals surface area contributed by atoms with E-state index in [1.54, 1.807) is 7.05 Å². The van der Waals surface area contributed by atoms with E-state index in [1.807, 2.05) is 25.1 Å². The molecular weight excluding hydrogens is 218 g/mol. The highest BCUT2D eigenvalue weighted by Gasteiger charge is 2.16. The number of benzene rings is 1. The summed E-state index contributed by atoms with van der Waals surface area (Å²) in [6.45, 7) is 2.19. The number of pyridine rings is 1. The van der Waals surface area contributed by atoms with Crippen LogP contribution in [-0.2, 0) is 0 Å². The van der Waals surface area contributed by atoms with Crippen molar-refractivity contribution in [1.82, 2.24) is 4.98 Å². The Bertz CT molecular complexity index is 623. The minimum absolute atomic E-state index is 0.259. The summed E-state index contributed by atoms with van der Waals surface area (Å²) in [6.07, 6.45) is 0. The number of aryl methyl sites for hydroxylation is 1. The molecule has 5 nitrogen and oxygen atoms in total. The predicted molar refractivity (Wildman–Crippen MR) is 63.0 cm³/mol. The second-order valence-electron chi connectivity index (χ2n) is 3.81. The third-order valence-electron chi connectivity index (χ3n) is 2.62. The van der Waals surface area contributed by atoms with Crippen molar-refractivity contribution < 1.29 is 9.47 Å². The van der Waals surface area contributed by atoms with Crippen LogP contribution in [0, 0.1) is 6.92 Å². The van der Waals surface area contributed by atoms with Crippen LogP contribution in [-0.4, -0.2) is 18.8 Å². The highest BCUT2D eigenvalue weighted by atomic mass is 16.7. The third kappa shape index (κ3) is 1.60. The minimum Gasteiger partial charge on any atom is -0.454 e. The van der Waals surface area contributed by atoms with Crippen LogP contribution < -0.4 is 9.47 Å². The van der Waals surface area contributed by atoms with Crippen molar-refractivity contribution >= 4 is 16.6 Å². The number of hydrogen-bond acceptors (Lipinski definition) is 5. The molecule has 0 fully saturated rings. The lowest BCUT2D eigenvalue weighted by Gasteiger charge is -2.04. The first-order valence-electron chi connectivity index (χ1n) is 5.29. The van der Waals surface area contributed by atoms with Crippen molar-refractivity contribution in [2.24, 2.45) is 10.2 Å². The van der Waals surface area contributed by atoms with Crippen molar-refractivity contribution in [3.05, 3.63) is 23.9 Å². The largest absolute Gasteiger partial charge is 0.454 e. The van der Waals surface area contributed by atoms with E-state index < -0.39 is 0 Å². The number of fused-ring (bicyclic) bond motifs is 2. The smallest absolute Gasteiger partial charge is 0.231 e. The monoisotopic (exact) mass is 229 g/mol. The number of hydrogen-bond donors (Lipinski definition) is 0. The Balaban J connectivity index is 2.33. The van der Waals surface area contributed by atoms with Crippen molar-refractivity contribution in [3.63, 3.8) is 0 Å². The van der Waals surface area contributed by atoms with Gasteiger partial charge in [-0.3, -0.25) is 4.98 Å². The topological polar surface area (TPSA) is 56.1 Å². The van der Waals surface area contributed by atoms with Crippen LogP contribution in [0.3, 0.4) is 0 Å². The van der Waals surface area contributed by atoms with Crippen molar-refractivity contribution in [3.8, 4) is 11.5 Å². The predicted octanol–water partition coefficient (Wildman–Crippen LogP) is 2.99. The van der Waals surface area contributed by atoms with Gasteiger partial charge in [-0.05, 0) is 19.1 Å². The van der Waals surface area contributed by atoms with Crippen LogP contribution in [0.25, 0.3) is 10.9 Å². The maximum Gasteiger partial charge on any atom is 0.231 e. The lowest BCUT2D eigenvalue weighted by atomic mass is 10.1. The Morgan fingerprint density at radius 2 is 1.94 bits per heavy atom. The summed E-state index contributed by atoms with van der Waals surface area (Å²) in [6, 6.07) is 5.67. The molecule has 1 aromatic heterocycles. The quantitative estimate of drug-likeness (QED) is 0.706. The summed E-state index contributed by atoms with van der Waals surface area (Å²) < 4.78 is 10.7. The second kappa shape index (κ2) is 3.69. The third-order valence-corrected chi connectivity index (χ3v) is 2.62. The summed E-state index contributed by atoms with van der Waals surface area (Å²) in [5.74, 6) is 1.46. The van der Waals surface area contributed by atoms with Crippen molar-refractivity contribution in [2.45, 2.75) is 6.92 Å². The first-order chi connectivity index (χ1) is 8.28. The molecule has 2 aromatic rings. The standard InChI is InChI=1S/C12H11N3O2/c1-7-3-10(15-13-2)8-4-11-12(17-6-16-11)5-9(8)14-7/h3-5H,6H2,1-2H3. The Kier molecular flexibility index (Phi) is 2.18. The maximum absolute atomic E-state index is 5.35. The minimum atomic E-state index is 0.259. The SMILES string of the molecule is CN=Nc1cc(C)nc2cc3c(cc12)OCO3. The Morgan fingerprint density at radius 1 is 1.18 bits per heavy atom. The van der Waals surface area contributed by atoms with E-state index in [2.05, 4.69) is 15.2 Å². The van der Waals surface area contributed by atoms with Gasteiger partial charge in [0.1, 0.15) is 0 Å². The molecule has 0 amide bonds. The van der Waals surface area contributed by atoms with Crippen LogP contribution in [0.1, 0.15) is 5.69 Å². The Labute approximate surface area is 98.1 Å². The fourth-order valence-corrected chi connectivity index (χ4v) is 1.92. The first kappa shape index (κ1) is 10.0. The van der Waals surface area contributed by atoms with E-state index in [0.29, 0.717) is 0 Å². The second-order valence-corrected chi connectivity index (χ2v) is 3.81. The summed E-state index contributed by atoms with van der Waals surface area (Å²) >= 11 is 0. The zero-order chi connectivity index (χ0) is 11.8. The summed E-state index contributed by atoms with van der Waals surface area (Å²) in [7, 11) is 1.65. The maximum atomic E-state index is 5.35. The van der Waals surface area contributed by atoms with E-state index >= 15 is 0 Å². The summed E-state index contributed by atoms with van der Waals surface area (Å²) in [5, 5.41) is 8.85. The molecule has 0 unspecified atom stereocenters. The molecule has 0 radical (unpaired) electrons. The number of rotatable bonds is 1. The molecule has 3 rings (SSSR count). The summed E-state index contributed by atoms with van der Waals surface area (Å²) in [4.78, 5) is 4.46. The Hall–Kier alpha value is -2.17. The van der Waals surface area contributed by atoms with Gasteiger partial charge in [-0.2, -0.15) is 10.2 Å². The molecule has 0 aliphatic carbocycles. The lowest BCUT2D eigenvalue weighted by molar-refractivity contribution is 0.174. The van der Waals surface area contributed by atoms with Crippen LogP contribution >= 0.6 is 0 Å². The molecule has 17 heavy (non-hydrogen) atoms. The zero-order valence-corrected chi connectivity index (χ0v) is 9.60. The first-order valence-corrected chi connectivity index (χ1v) is 5.29. The zero-order valence-electron chi connectivity index (χ0n) is 9.60. The van der Waals surface area contributed by atoms with Crippen LogP contribution in [0.5, 0.6) is 11.5 Å². The van der Waals surface area contributed by atoms with E-state index in [-0.39, 0.29) is 6.79 Å². The summed E-state index contributed by atoms with van der Waals surface area (Å²) in [5.41, 5.74) is 2.55. The molecule has 0 bridgehead atoms. The molecule has 0 atom stereocenters. The molecule has 1 aliphatic rings. The van der Waals surface area contributed by atoms with Gasteiger partial charge in [-0.15, -0.1) is 0 Å². The molecule has 5 heteroatoms. The molecule has 86 valence electrons. The normalized spacial score (nSPS) is 13.8. The van der Waals surface area contributed by atoms with E-state index in [0.717, 1.165) is 33.8 Å². The fraction of sp³-hybridized carbons (Fsp3) is 0.250. The van der Waals surface area contributed by atoms with Gasteiger partial charge in [-0.25, -0.2) is 0 Å². The molecule has 0 N–H and O–H groups in total. The van der Waals surface area contributed by atoms with Gasteiger partial charge in [0.25, 0.3) is 0 Å². The van der Waals surface area contributed by atoms with Gasteiger partial charge in [0, 0.05) is 24.2 Å². The number of ether oxygens (including phenoxy) is 2. The van der Waals surface area contributed by atoms with Crippen LogP contribution in [0.15, 0.2) is 28.4 Å². The molecule has 0 saturated heterocycles. The number of azo groups is 1. The number of nitrogens with zero attached hydrogens (tertiary/aromatic N) is 3. The van der Waals surface area contributed by atoms with Crippen LogP contribution in [0.4, 0.5) is 5.69 Å². The van der Waals surface area contributed by atoms with Gasteiger partial charge in [0.15, 0.2) is 11.5 Å². The highest BCUT2D eigenvalue weighted by molar-refractivity contribution is 5.92. The van der Waals surface area contributed by atoms with E-state index in [9.17, 15) is 0 Å². The molecule has 0 spiro atoms. The lowest BCUT2D eigenvalue weighted by Crippen LogP contribution is -1.92. The van der Waals surface area contributed by atoms with Gasteiger partial charge in [0.2, 0.25) is 6.79 Å². The van der Waals surface area contributed by atoms with E-state index in [1.165, 1.54) is 0 Å². The molecule has 1 aliphatic heterocycles. The molecule has 2 heterocycles. The van der Waals surface area contributed by atoms with Crippen molar-refractivity contribution in [2.75, 3.05) is 13.8 Å². The average Bonchev–Trinajstić information content (AvgIpc) is 2.73. The molecule has 0 saturated carbocycles. The van der Waals surface area contributed by atoms with Crippen LogP contribution in [0.2, 0.25) is 0 Å². The average molecular weight is 229 g/mol. The van der Waals surface area contributed by atoms with Crippen molar-refractivity contribution in [1.29, 1.82) is 0 Å². The number of aromatic nitrogens is 1. The molecular formula is C12H11N3O2. The van der Waals surface area contributed by atoms with Gasteiger partial charge in [-0.1, -0.05) is 0 Å². The molecule has 1 aromatic carbocycles. The highest BCUT2D eigenvalue weighted by Crippen LogP contribution is 2.38. The fourth-order valence-electron chi connectivity index (χ4n) is 1.92. The Morgan fingerprint density at radius 3 is 2.71 bits per heavy atom. The van der Waals surface area contributed by atoms with Gasteiger partial charge >= 0.3 is 0 Å². The van der Waals surface area contributed by atoms with E-state index in [4.69, 9.17) is 9.47 Å².